The van der Waals surface area contributed by atoms with Gasteiger partial charge >= 0.3 is 6.18 Å². The van der Waals surface area contributed by atoms with Gasteiger partial charge in [0.1, 0.15) is 23.3 Å². The Balaban J connectivity index is 1.23. The highest BCUT2D eigenvalue weighted by Crippen LogP contribution is 2.25. The number of anilines is 2. The zero-order valence-corrected chi connectivity index (χ0v) is 22.5. The molecular weight excluding hydrogens is 527 g/mol. The number of hydrogen-bond donors (Lipinski definition) is 2. The fraction of sp³-hybridized carbons (Fsp3) is 0.429. The number of hydrogen-bond acceptors (Lipinski definition) is 7. The molecule has 1 aromatic carbocycles. The molecular formula is C28H32F3N5O4. The van der Waals surface area contributed by atoms with Crippen molar-refractivity contribution in [3.8, 4) is 5.75 Å². The van der Waals surface area contributed by atoms with Gasteiger partial charge in [-0.1, -0.05) is 38.1 Å². The number of rotatable bonds is 8. The van der Waals surface area contributed by atoms with Gasteiger partial charge in [0.25, 0.3) is 5.91 Å². The number of benzene rings is 1. The summed E-state index contributed by atoms with van der Waals surface area (Å²) >= 11 is 0. The molecule has 3 heterocycles. The summed E-state index contributed by atoms with van der Waals surface area (Å²) in [7, 11) is 0. The van der Waals surface area contributed by atoms with Crippen molar-refractivity contribution >= 4 is 23.3 Å². The van der Waals surface area contributed by atoms with Crippen LogP contribution in [-0.4, -0.2) is 58.8 Å². The zero-order valence-electron chi connectivity index (χ0n) is 22.5. The standard InChI is InChI=1S/C28H32F3N5O4/c1-27(2,3)23-15-24(35-40-23)34-25(37)14-18-4-6-19(7-5-18)33-26(38)22-9-8-21(16-32-22)39-20-10-12-36(13-11-20)17-28(29,30)31/h4-9,15-16,20H,10-14,17H2,1-3H3,(H,33,38)(H,34,35,37). The molecule has 1 aliphatic rings. The molecule has 0 spiro atoms. The molecule has 3 aromatic rings. The lowest BCUT2D eigenvalue weighted by atomic mass is 9.93. The Kier molecular flexibility index (Phi) is 8.77. The Morgan fingerprint density at radius 1 is 1.05 bits per heavy atom. The van der Waals surface area contributed by atoms with Crippen LogP contribution in [0.5, 0.6) is 5.75 Å². The number of likely N-dealkylation sites (tertiary alicyclic amines) is 1. The topological polar surface area (TPSA) is 110 Å². The van der Waals surface area contributed by atoms with Crippen LogP contribution in [0.25, 0.3) is 0 Å². The second kappa shape index (κ2) is 12.1. The normalized spacial score (nSPS) is 15.1. The van der Waals surface area contributed by atoms with Crippen molar-refractivity contribution in [2.24, 2.45) is 0 Å². The molecule has 1 aliphatic heterocycles. The van der Waals surface area contributed by atoms with Crippen LogP contribution in [0, 0.1) is 0 Å². The third-order valence-electron chi connectivity index (χ3n) is 6.30. The van der Waals surface area contributed by atoms with Crippen molar-refractivity contribution in [1.29, 1.82) is 0 Å². The van der Waals surface area contributed by atoms with Crippen LogP contribution in [-0.2, 0) is 16.6 Å². The van der Waals surface area contributed by atoms with Crippen molar-refractivity contribution in [2.45, 2.75) is 57.7 Å². The number of halogens is 3. The van der Waals surface area contributed by atoms with Gasteiger partial charge in [-0.15, -0.1) is 0 Å². The van der Waals surface area contributed by atoms with E-state index in [9.17, 15) is 22.8 Å². The van der Waals surface area contributed by atoms with E-state index in [1.807, 2.05) is 20.8 Å². The molecule has 2 amide bonds. The van der Waals surface area contributed by atoms with Gasteiger partial charge in [0.05, 0.1) is 19.2 Å². The van der Waals surface area contributed by atoms with Crippen molar-refractivity contribution in [2.75, 3.05) is 30.3 Å². The van der Waals surface area contributed by atoms with E-state index in [4.69, 9.17) is 9.26 Å². The molecule has 2 N–H and O–H groups in total. The van der Waals surface area contributed by atoms with E-state index in [0.717, 1.165) is 5.56 Å². The average molecular weight is 560 g/mol. The van der Waals surface area contributed by atoms with Crippen LogP contribution in [0.2, 0.25) is 0 Å². The lowest BCUT2D eigenvalue weighted by Gasteiger charge is -2.32. The molecule has 9 nitrogen and oxygen atoms in total. The molecule has 0 atom stereocenters. The third-order valence-corrected chi connectivity index (χ3v) is 6.30. The van der Waals surface area contributed by atoms with E-state index >= 15 is 0 Å². The van der Waals surface area contributed by atoms with Crippen LogP contribution in [0.3, 0.4) is 0 Å². The molecule has 1 saturated heterocycles. The summed E-state index contributed by atoms with van der Waals surface area (Å²) in [5.74, 6) is 0.813. The lowest BCUT2D eigenvalue weighted by Crippen LogP contribution is -2.42. The SMILES string of the molecule is CC(C)(C)c1cc(NC(=O)Cc2ccc(NC(=O)c3ccc(OC4CCN(CC(F)(F)F)CC4)cn3)cc2)no1. The first-order valence-electron chi connectivity index (χ1n) is 12.9. The summed E-state index contributed by atoms with van der Waals surface area (Å²) in [4.78, 5) is 30.5. The summed E-state index contributed by atoms with van der Waals surface area (Å²) in [5, 5.41) is 9.36. The predicted molar refractivity (Wildman–Crippen MR) is 142 cm³/mol. The van der Waals surface area contributed by atoms with E-state index in [0.29, 0.717) is 48.9 Å². The Morgan fingerprint density at radius 3 is 2.33 bits per heavy atom. The number of alkyl halides is 3. The van der Waals surface area contributed by atoms with Crippen LogP contribution in [0.4, 0.5) is 24.7 Å². The molecule has 40 heavy (non-hydrogen) atoms. The molecule has 4 rings (SSSR count). The largest absolute Gasteiger partial charge is 0.489 e. The number of nitrogens with zero attached hydrogens (tertiary/aromatic N) is 3. The fourth-order valence-electron chi connectivity index (χ4n) is 4.18. The van der Waals surface area contributed by atoms with Crippen molar-refractivity contribution in [3.63, 3.8) is 0 Å². The Bertz CT molecular complexity index is 1290. The number of piperidine rings is 1. The molecule has 1 fully saturated rings. The quantitative estimate of drug-likeness (QED) is 0.390. The molecule has 0 unspecified atom stereocenters. The van der Waals surface area contributed by atoms with E-state index in [1.165, 1.54) is 17.2 Å². The summed E-state index contributed by atoms with van der Waals surface area (Å²) in [6.45, 7) is 5.66. The summed E-state index contributed by atoms with van der Waals surface area (Å²) in [5.41, 5.74) is 1.25. The van der Waals surface area contributed by atoms with Crippen LogP contribution < -0.4 is 15.4 Å². The minimum Gasteiger partial charge on any atom is -0.489 e. The van der Waals surface area contributed by atoms with Gasteiger partial charge in [-0.3, -0.25) is 14.5 Å². The molecule has 214 valence electrons. The minimum atomic E-state index is -4.21. The molecule has 0 bridgehead atoms. The number of aromatic nitrogens is 2. The number of pyridine rings is 1. The van der Waals surface area contributed by atoms with Gasteiger partial charge in [-0.05, 0) is 42.7 Å². The van der Waals surface area contributed by atoms with Crippen molar-refractivity contribution < 1.29 is 32.0 Å². The summed E-state index contributed by atoms with van der Waals surface area (Å²) in [6.07, 6.45) is -1.90. The van der Waals surface area contributed by atoms with Crippen LogP contribution in [0.15, 0.2) is 53.2 Å². The van der Waals surface area contributed by atoms with Crippen molar-refractivity contribution in [3.05, 3.63) is 65.7 Å². The maximum Gasteiger partial charge on any atom is 0.401 e. The van der Waals surface area contributed by atoms with Crippen LogP contribution >= 0.6 is 0 Å². The first kappa shape index (κ1) is 29.1. The van der Waals surface area contributed by atoms with E-state index in [1.54, 1.807) is 36.4 Å². The highest BCUT2D eigenvalue weighted by molar-refractivity contribution is 6.02. The summed E-state index contributed by atoms with van der Waals surface area (Å²) < 4.78 is 48.8. The Labute approximate surface area is 230 Å². The van der Waals surface area contributed by atoms with Gasteiger partial charge in [0.2, 0.25) is 5.91 Å². The number of ether oxygens (including phenoxy) is 1. The number of amides is 2. The first-order valence-corrected chi connectivity index (χ1v) is 12.9. The highest BCUT2D eigenvalue weighted by Gasteiger charge is 2.33. The number of carbonyl (C=O) groups is 2. The lowest BCUT2D eigenvalue weighted by molar-refractivity contribution is -0.149. The molecule has 12 heteroatoms. The predicted octanol–water partition coefficient (Wildman–Crippen LogP) is 5.21. The van der Waals surface area contributed by atoms with E-state index in [2.05, 4.69) is 20.8 Å². The number of nitrogens with one attached hydrogen (secondary N) is 2. The maximum absolute atomic E-state index is 12.6. The van der Waals surface area contributed by atoms with E-state index < -0.39 is 18.6 Å². The van der Waals surface area contributed by atoms with Crippen LogP contribution in [0.1, 0.15) is 55.4 Å². The zero-order chi connectivity index (χ0) is 28.9. The van der Waals surface area contributed by atoms with Gasteiger partial charge in [-0.25, -0.2) is 4.98 Å². The third kappa shape index (κ3) is 8.54. The molecule has 0 radical (unpaired) electrons. The Hall–Kier alpha value is -3.93. The molecule has 0 saturated carbocycles. The summed E-state index contributed by atoms with van der Waals surface area (Å²) in [6, 6.07) is 11.7. The first-order chi connectivity index (χ1) is 18.8. The van der Waals surface area contributed by atoms with E-state index in [-0.39, 0.29) is 29.5 Å². The van der Waals surface area contributed by atoms with Gasteiger partial charge in [-0.2, -0.15) is 13.2 Å². The Morgan fingerprint density at radius 2 is 1.75 bits per heavy atom. The second-order valence-electron chi connectivity index (χ2n) is 10.8. The minimum absolute atomic E-state index is 0.121. The van der Waals surface area contributed by atoms with Gasteiger partial charge < -0.3 is 19.9 Å². The second-order valence-corrected chi connectivity index (χ2v) is 10.8. The number of carbonyl (C=O) groups excluding carboxylic acids is 2. The molecule has 0 aliphatic carbocycles. The maximum atomic E-state index is 12.6. The highest BCUT2D eigenvalue weighted by atomic mass is 19.4. The smallest absolute Gasteiger partial charge is 0.401 e. The van der Waals surface area contributed by atoms with Crippen molar-refractivity contribution in [1.82, 2.24) is 15.0 Å². The fourth-order valence-corrected chi connectivity index (χ4v) is 4.18. The average Bonchev–Trinajstić information content (AvgIpc) is 3.35. The van der Waals surface area contributed by atoms with Gasteiger partial charge in [0, 0.05) is 30.3 Å². The monoisotopic (exact) mass is 559 g/mol. The molecule has 2 aromatic heterocycles. The van der Waals surface area contributed by atoms with Gasteiger partial charge in [0.15, 0.2) is 5.82 Å².